The normalized spacial score (nSPS) is 56.8. The number of fused-ring (bicyclic) bond motifs is 7. The van der Waals surface area contributed by atoms with Crippen LogP contribution in [0.3, 0.4) is 0 Å². The molecule has 3 fully saturated rings. The average molecular weight is 413 g/mol. The van der Waals surface area contributed by atoms with Crippen LogP contribution in [-0.4, -0.2) is 22.4 Å². The molecule has 0 spiro atoms. The zero-order valence-corrected chi connectivity index (χ0v) is 20.4. The van der Waals surface area contributed by atoms with Crippen LogP contribution in [0, 0.1) is 44.8 Å². The molecule has 0 saturated heterocycles. The van der Waals surface area contributed by atoms with Crippen molar-refractivity contribution in [2.45, 2.75) is 106 Å². The number of aliphatic hydroxyl groups is 2. The van der Waals surface area contributed by atoms with Crippen LogP contribution in [0.4, 0.5) is 0 Å². The third kappa shape index (κ3) is 2.24. The van der Waals surface area contributed by atoms with Crippen molar-refractivity contribution in [2.24, 2.45) is 44.8 Å². The monoisotopic (exact) mass is 412 g/mol. The molecule has 3 saturated carbocycles. The standard InChI is InChI=1S/C28H44O2/c1-17-8-12-25(4)18(17)9-14-28(7)23(25)19(29)16-21-26(5)13-11-22(30)24(2,3)20(26)10-15-27(21,28)6/h9,14,19-23,29-30H,8,10-13,15-16H2,1-7H3. The molecule has 0 heterocycles. The van der Waals surface area contributed by atoms with Crippen LogP contribution in [0.25, 0.3) is 0 Å². The second-order valence-corrected chi connectivity index (χ2v) is 13.5. The van der Waals surface area contributed by atoms with Crippen molar-refractivity contribution < 1.29 is 10.2 Å². The molecule has 0 radical (unpaired) electrons. The second kappa shape index (κ2) is 6.04. The minimum atomic E-state index is -0.241. The number of aliphatic hydroxyl groups excluding tert-OH is 2. The van der Waals surface area contributed by atoms with Crippen LogP contribution in [0.2, 0.25) is 0 Å². The zero-order chi connectivity index (χ0) is 21.9. The topological polar surface area (TPSA) is 40.5 Å². The molecule has 0 aromatic rings. The van der Waals surface area contributed by atoms with Gasteiger partial charge in [0.25, 0.3) is 0 Å². The SMILES string of the molecule is CC1=C2C=CC3(C)C(C(O)CC4C5(C)CCC(O)C(C)(C)C5CCC43C)C2(C)CC1. The first-order valence-electron chi connectivity index (χ1n) is 12.6. The van der Waals surface area contributed by atoms with Crippen LogP contribution < -0.4 is 0 Å². The van der Waals surface area contributed by atoms with Gasteiger partial charge in [-0.2, -0.15) is 0 Å². The lowest BCUT2D eigenvalue weighted by molar-refractivity contribution is -0.245. The van der Waals surface area contributed by atoms with Gasteiger partial charge in [0.2, 0.25) is 0 Å². The molecule has 5 aliphatic carbocycles. The smallest absolute Gasteiger partial charge is 0.0594 e. The predicted molar refractivity (Wildman–Crippen MR) is 123 cm³/mol. The lowest BCUT2D eigenvalue weighted by Gasteiger charge is -2.72. The van der Waals surface area contributed by atoms with Gasteiger partial charge in [-0.15, -0.1) is 0 Å². The Morgan fingerprint density at radius 2 is 1.60 bits per heavy atom. The largest absolute Gasteiger partial charge is 0.393 e. The summed E-state index contributed by atoms with van der Waals surface area (Å²) < 4.78 is 0. The lowest BCUT2D eigenvalue weighted by atomic mass is 9.32. The number of allylic oxidation sites excluding steroid dienone is 4. The molecule has 0 bridgehead atoms. The van der Waals surface area contributed by atoms with Gasteiger partial charge in [0, 0.05) is 5.92 Å². The molecule has 168 valence electrons. The van der Waals surface area contributed by atoms with E-state index in [1.165, 1.54) is 36.8 Å². The maximum absolute atomic E-state index is 11.8. The molecule has 0 aliphatic heterocycles. The second-order valence-electron chi connectivity index (χ2n) is 13.5. The molecule has 9 atom stereocenters. The Balaban J connectivity index is 1.63. The van der Waals surface area contributed by atoms with Crippen molar-refractivity contribution in [1.29, 1.82) is 0 Å². The van der Waals surface area contributed by atoms with E-state index in [4.69, 9.17) is 0 Å². The van der Waals surface area contributed by atoms with Gasteiger partial charge in [-0.05, 0) is 96.4 Å². The highest BCUT2D eigenvalue weighted by Gasteiger charge is 2.70. The predicted octanol–water partition coefficient (Wildman–Crippen LogP) is 6.28. The lowest BCUT2D eigenvalue weighted by Crippen LogP contribution is -2.68. The van der Waals surface area contributed by atoms with Crippen LogP contribution >= 0.6 is 0 Å². The molecule has 9 unspecified atom stereocenters. The first-order chi connectivity index (χ1) is 13.8. The van der Waals surface area contributed by atoms with Gasteiger partial charge in [-0.3, -0.25) is 0 Å². The van der Waals surface area contributed by atoms with E-state index in [0.717, 1.165) is 19.3 Å². The Kier molecular flexibility index (Phi) is 4.28. The van der Waals surface area contributed by atoms with Crippen molar-refractivity contribution in [3.05, 3.63) is 23.3 Å². The third-order valence-corrected chi connectivity index (χ3v) is 12.1. The van der Waals surface area contributed by atoms with Crippen molar-refractivity contribution in [2.75, 3.05) is 0 Å². The van der Waals surface area contributed by atoms with E-state index in [9.17, 15) is 10.2 Å². The Morgan fingerprint density at radius 3 is 2.30 bits per heavy atom. The summed E-state index contributed by atoms with van der Waals surface area (Å²) in [6.45, 7) is 16.9. The summed E-state index contributed by atoms with van der Waals surface area (Å²) in [5, 5.41) is 22.6. The zero-order valence-electron chi connectivity index (χ0n) is 20.4. The molecule has 5 rings (SSSR count). The highest BCUT2D eigenvalue weighted by Crippen LogP contribution is 2.75. The Morgan fingerprint density at radius 1 is 0.900 bits per heavy atom. The molecule has 0 aromatic carbocycles. The number of hydrogen-bond acceptors (Lipinski definition) is 2. The molecular formula is C28H44O2. The van der Waals surface area contributed by atoms with E-state index in [-0.39, 0.29) is 39.3 Å². The van der Waals surface area contributed by atoms with Gasteiger partial charge in [-0.25, -0.2) is 0 Å². The first kappa shape index (κ1) is 21.3. The van der Waals surface area contributed by atoms with Crippen LogP contribution in [0.15, 0.2) is 23.3 Å². The molecule has 5 aliphatic rings. The summed E-state index contributed by atoms with van der Waals surface area (Å²) in [5.41, 5.74) is 3.54. The summed E-state index contributed by atoms with van der Waals surface area (Å²) in [5.74, 6) is 1.35. The van der Waals surface area contributed by atoms with E-state index < -0.39 is 0 Å². The summed E-state index contributed by atoms with van der Waals surface area (Å²) in [4.78, 5) is 0. The molecule has 0 amide bonds. The minimum Gasteiger partial charge on any atom is -0.393 e. The number of rotatable bonds is 0. The highest BCUT2D eigenvalue weighted by atomic mass is 16.3. The van der Waals surface area contributed by atoms with Crippen LogP contribution in [-0.2, 0) is 0 Å². The van der Waals surface area contributed by atoms with E-state index in [0.29, 0.717) is 17.8 Å². The molecule has 2 N–H and O–H groups in total. The highest BCUT2D eigenvalue weighted by molar-refractivity contribution is 5.43. The maximum Gasteiger partial charge on any atom is 0.0594 e. The van der Waals surface area contributed by atoms with E-state index >= 15 is 0 Å². The Labute approximate surface area is 184 Å². The summed E-state index contributed by atoms with van der Waals surface area (Å²) in [6.07, 6.45) is 12.3. The quantitative estimate of drug-likeness (QED) is 0.491. The molecule has 30 heavy (non-hydrogen) atoms. The number of hydrogen-bond donors (Lipinski definition) is 2. The van der Waals surface area contributed by atoms with Crippen molar-refractivity contribution in [3.63, 3.8) is 0 Å². The van der Waals surface area contributed by atoms with Gasteiger partial charge < -0.3 is 10.2 Å². The fraction of sp³-hybridized carbons (Fsp3) is 0.857. The van der Waals surface area contributed by atoms with Gasteiger partial charge >= 0.3 is 0 Å². The summed E-state index contributed by atoms with van der Waals surface area (Å²) in [6, 6.07) is 0. The van der Waals surface area contributed by atoms with E-state index in [2.05, 4.69) is 60.6 Å². The first-order valence-corrected chi connectivity index (χ1v) is 12.6. The third-order valence-electron chi connectivity index (χ3n) is 12.1. The Bertz CT molecular complexity index is 822. The minimum absolute atomic E-state index is 0.0202. The summed E-state index contributed by atoms with van der Waals surface area (Å²) in [7, 11) is 0. The van der Waals surface area contributed by atoms with Crippen molar-refractivity contribution >= 4 is 0 Å². The fourth-order valence-electron chi connectivity index (χ4n) is 10.3. The van der Waals surface area contributed by atoms with Crippen molar-refractivity contribution in [3.8, 4) is 0 Å². The molecule has 0 aromatic heterocycles. The van der Waals surface area contributed by atoms with E-state index in [1.807, 2.05) is 0 Å². The van der Waals surface area contributed by atoms with Gasteiger partial charge in [0.1, 0.15) is 0 Å². The fourth-order valence-corrected chi connectivity index (χ4v) is 10.3. The van der Waals surface area contributed by atoms with E-state index in [1.54, 1.807) is 0 Å². The Hall–Kier alpha value is -0.600. The van der Waals surface area contributed by atoms with Crippen LogP contribution in [0.5, 0.6) is 0 Å². The van der Waals surface area contributed by atoms with Crippen molar-refractivity contribution in [1.82, 2.24) is 0 Å². The average Bonchev–Trinajstić information content (AvgIpc) is 2.95. The van der Waals surface area contributed by atoms with Gasteiger partial charge in [-0.1, -0.05) is 59.3 Å². The molecular weight excluding hydrogens is 368 g/mol. The maximum atomic E-state index is 11.8. The van der Waals surface area contributed by atoms with Gasteiger partial charge in [0.15, 0.2) is 0 Å². The van der Waals surface area contributed by atoms with Gasteiger partial charge in [0.05, 0.1) is 12.2 Å². The molecule has 2 heteroatoms. The summed E-state index contributed by atoms with van der Waals surface area (Å²) >= 11 is 0. The van der Waals surface area contributed by atoms with Crippen LogP contribution in [0.1, 0.15) is 93.4 Å². The molecule has 2 nitrogen and oxygen atoms in total.